The van der Waals surface area contributed by atoms with Crippen molar-refractivity contribution in [2.75, 3.05) is 5.75 Å². The molecule has 0 amide bonds. The minimum Gasteiger partial charge on any atom is -0.480 e. The van der Waals surface area contributed by atoms with E-state index in [-0.39, 0.29) is 11.4 Å². The van der Waals surface area contributed by atoms with Crippen LogP contribution < -0.4 is 0 Å². The summed E-state index contributed by atoms with van der Waals surface area (Å²) in [5.74, 6) is 2.21. The van der Waals surface area contributed by atoms with Gasteiger partial charge in [0, 0.05) is 5.56 Å². The van der Waals surface area contributed by atoms with Crippen LogP contribution >= 0.6 is 11.8 Å². The quantitative estimate of drug-likeness (QED) is 0.352. The molecule has 1 aromatic heterocycles. The number of aromatic nitrogens is 1. The highest BCUT2D eigenvalue weighted by molar-refractivity contribution is 8.00. The summed E-state index contributed by atoms with van der Waals surface area (Å²) in [6.07, 6.45) is 8.56. The van der Waals surface area contributed by atoms with Crippen molar-refractivity contribution in [1.29, 1.82) is 0 Å². The largest absolute Gasteiger partial charge is 0.480 e. The highest BCUT2D eigenvalue weighted by Crippen LogP contribution is 2.32. The summed E-state index contributed by atoms with van der Waals surface area (Å²) in [7, 11) is 0. The molecule has 1 fully saturated rings. The molecule has 3 atom stereocenters. The number of oxazole rings is 1. The van der Waals surface area contributed by atoms with Crippen molar-refractivity contribution < 1.29 is 19.1 Å². The number of carboxylic acids is 1. The topological polar surface area (TPSA) is 72.6 Å². The first kappa shape index (κ1) is 24.8. The summed E-state index contributed by atoms with van der Waals surface area (Å²) in [6, 6.07) is 8.18. The van der Waals surface area contributed by atoms with Crippen molar-refractivity contribution >= 4 is 17.7 Å². The molecular formula is C26H37NO4S. The Morgan fingerprint density at radius 2 is 2.03 bits per heavy atom. The Bertz CT molecular complexity index is 848. The van der Waals surface area contributed by atoms with Crippen molar-refractivity contribution in [2.24, 2.45) is 5.92 Å². The molecule has 176 valence electrons. The number of unbranched alkanes of at least 4 members (excludes halogenated alkanes) is 2. The predicted molar refractivity (Wildman–Crippen MR) is 130 cm³/mol. The average Bonchev–Trinajstić information content (AvgIpc) is 3.15. The number of carbonyl (C=O) groups is 1. The van der Waals surface area contributed by atoms with Crippen LogP contribution in [0.25, 0.3) is 11.5 Å². The molecule has 5 nitrogen and oxygen atoms in total. The van der Waals surface area contributed by atoms with Gasteiger partial charge >= 0.3 is 5.97 Å². The van der Waals surface area contributed by atoms with Gasteiger partial charge in [-0.15, -0.1) is 11.8 Å². The minimum absolute atomic E-state index is 0.205. The van der Waals surface area contributed by atoms with Gasteiger partial charge in [0.05, 0.1) is 12.7 Å². The summed E-state index contributed by atoms with van der Waals surface area (Å²) < 4.78 is 12.1. The molecule has 1 saturated carbocycles. The molecular weight excluding hydrogens is 422 g/mol. The summed E-state index contributed by atoms with van der Waals surface area (Å²) in [6.45, 7) is 6.61. The molecule has 1 aliphatic rings. The fraction of sp³-hybridized carbons (Fsp3) is 0.615. The lowest BCUT2D eigenvalue weighted by Gasteiger charge is -2.29. The zero-order valence-electron chi connectivity index (χ0n) is 19.6. The van der Waals surface area contributed by atoms with Crippen molar-refractivity contribution in [3.63, 3.8) is 0 Å². The Kier molecular flexibility index (Phi) is 9.67. The van der Waals surface area contributed by atoms with Gasteiger partial charge in [-0.25, -0.2) is 4.98 Å². The fourth-order valence-electron chi connectivity index (χ4n) is 4.23. The third-order valence-electron chi connectivity index (χ3n) is 6.26. The van der Waals surface area contributed by atoms with E-state index in [9.17, 15) is 9.90 Å². The lowest BCUT2D eigenvalue weighted by molar-refractivity contribution is -0.136. The molecule has 1 heterocycles. The zero-order valence-corrected chi connectivity index (χ0v) is 20.5. The number of nitrogens with zero attached hydrogens (tertiary/aromatic N) is 1. The van der Waals surface area contributed by atoms with Gasteiger partial charge in [-0.1, -0.05) is 50.3 Å². The maximum absolute atomic E-state index is 11.6. The maximum atomic E-state index is 11.6. The lowest BCUT2D eigenvalue weighted by Crippen LogP contribution is -2.26. The zero-order chi connectivity index (χ0) is 22.9. The Labute approximate surface area is 196 Å². The minimum atomic E-state index is -0.666. The molecule has 6 heteroatoms. The number of rotatable bonds is 12. The molecule has 3 rings (SSSR count). The number of ether oxygens (including phenoxy) is 1. The van der Waals surface area contributed by atoms with Gasteiger partial charge in [-0.2, -0.15) is 0 Å². The Morgan fingerprint density at radius 3 is 2.75 bits per heavy atom. The fourth-order valence-corrected chi connectivity index (χ4v) is 5.52. The van der Waals surface area contributed by atoms with E-state index < -0.39 is 5.97 Å². The van der Waals surface area contributed by atoms with E-state index in [4.69, 9.17) is 9.15 Å². The molecule has 3 unspecified atom stereocenters. The van der Waals surface area contributed by atoms with Crippen LogP contribution in [-0.2, 0) is 16.1 Å². The molecule has 0 saturated heterocycles. The van der Waals surface area contributed by atoms with E-state index in [0.29, 0.717) is 18.4 Å². The average molecular weight is 460 g/mol. The van der Waals surface area contributed by atoms with Crippen molar-refractivity contribution in [3.05, 3.63) is 41.3 Å². The number of thioether (sulfide) groups is 1. The van der Waals surface area contributed by atoms with Gasteiger partial charge in [-0.3, -0.25) is 4.79 Å². The molecule has 1 aliphatic carbocycles. The number of benzene rings is 1. The van der Waals surface area contributed by atoms with Gasteiger partial charge in [-0.05, 0) is 63.3 Å². The number of aliphatic carboxylic acids is 1. The second-order valence-electron chi connectivity index (χ2n) is 9.01. The third kappa shape index (κ3) is 7.38. The second-order valence-corrected chi connectivity index (χ2v) is 10.2. The summed E-state index contributed by atoms with van der Waals surface area (Å²) in [5, 5.41) is 9.25. The normalized spacial score (nSPS) is 19.7. The van der Waals surface area contributed by atoms with Crippen LogP contribution in [0, 0.1) is 19.8 Å². The van der Waals surface area contributed by atoms with Crippen LogP contribution in [0.5, 0.6) is 0 Å². The molecule has 32 heavy (non-hydrogen) atoms. The van der Waals surface area contributed by atoms with E-state index >= 15 is 0 Å². The predicted octanol–water partition coefficient (Wildman–Crippen LogP) is 6.80. The molecule has 0 aliphatic heterocycles. The number of aryl methyl sites for hydroxylation is 2. The molecule has 0 radical (unpaired) electrons. The van der Waals surface area contributed by atoms with E-state index in [1.165, 1.54) is 5.56 Å². The second kappa shape index (κ2) is 12.4. The van der Waals surface area contributed by atoms with E-state index in [0.717, 1.165) is 74.1 Å². The molecule has 0 bridgehead atoms. The van der Waals surface area contributed by atoms with E-state index in [2.05, 4.69) is 31.0 Å². The lowest BCUT2D eigenvalue weighted by atomic mass is 9.88. The van der Waals surface area contributed by atoms with Gasteiger partial charge in [0.2, 0.25) is 5.89 Å². The summed E-state index contributed by atoms with van der Waals surface area (Å²) >= 11 is 1.63. The highest BCUT2D eigenvalue weighted by Gasteiger charge is 2.26. The van der Waals surface area contributed by atoms with Crippen LogP contribution in [0.2, 0.25) is 0 Å². The van der Waals surface area contributed by atoms with E-state index in [1.54, 1.807) is 11.8 Å². The first-order chi connectivity index (χ1) is 15.5. The molecule has 1 aromatic carbocycles. The Hall–Kier alpha value is -1.79. The highest BCUT2D eigenvalue weighted by atomic mass is 32.2. The van der Waals surface area contributed by atoms with Crippen molar-refractivity contribution in [1.82, 2.24) is 4.98 Å². The van der Waals surface area contributed by atoms with Crippen LogP contribution in [0.3, 0.4) is 0 Å². The first-order valence-corrected chi connectivity index (χ1v) is 13.0. The standard InChI is InChI=1S/C26H37NO4S/c1-4-5-6-10-24(26(28)29)32-17-20-8-7-9-22(15-20)30-16-23-19(3)31-25(27-23)21-13-11-18(2)12-14-21/h11-14,20,22,24H,4-10,15-17H2,1-3H3,(H,28,29). The van der Waals surface area contributed by atoms with E-state index in [1.807, 2.05) is 19.1 Å². The third-order valence-corrected chi connectivity index (χ3v) is 7.76. The van der Waals surface area contributed by atoms with Crippen LogP contribution in [0.4, 0.5) is 0 Å². The van der Waals surface area contributed by atoms with Crippen LogP contribution in [-0.4, -0.2) is 33.2 Å². The summed E-state index contributed by atoms with van der Waals surface area (Å²) in [4.78, 5) is 16.2. The van der Waals surface area contributed by atoms with Gasteiger partial charge in [0.1, 0.15) is 16.7 Å². The molecule has 0 spiro atoms. The SMILES string of the molecule is CCCCCC(SCC1CCCC(OCc2nc(-c3ccc(C)cc3)oc2C)C1)C(=O)O. The number of hydrogen-bond acceptors (Lipinski definition) is 5. The van der Waals surface area contributed by atoms with Crippen LogP contribution in [0.1, 0.15) is 75.3 Å². The first-order valence-electron chi connectivity index (χ1n) is 12.0. The molecule has 2 aromatic rings. The Balaban J connectivity index is 1.48. The maximum Gasteiger partial charge on any atom is 0.316 e. The van der Waals surface area contributed by atoms with Crippen LogP contribution in [0.15, 0.2) is 28.7 Å². The van der Waals surface area contributed by atoms with Crippen molar-refractivity contribution in [3.8, 4) is 11.5 Å². The number of carboxylic acid groups (broad SMARTS) is 1. The number of hydrogen-bond donors (Lipinski definition) is 1. The van der Waals surface area contributed by atoms with Crippen molar-refractivity contribution in [2.45, 2.75) is 90.1 Å². The molecule has 1 N–H and O–H groups in total. The summed E-state index contributed by atoms with van der Waals surface area (Å²) in [5.41, 5.74) is 3.05. The monoisotopic (exact) mass is 459 g/mol. The van der Waals surface area contributed by atoms with Gasteiger partial charge < -0.3 is 14.3 Å². The van der Waals surface area contributed by atoms with Gasteiger partial charge in [0.25, 0.3) is 0 Å². The smallest absolute Gasteiger partial charge is 0.316 e. The Morgan fingerprint density at radius 1 is 1.25 bits per heavy atom. The van der Waals surface area contributed by atoms with Gasteiger partial charge in [0.15, 0.2) is 0 Å².